The first kappa shape index (κ1) is 15.9. The monoisotopic (exact) mass is 328 g/mol. The molecule has 0 radical (unpaired) electrons. The molecule has 0 N–H and O–H groups in total. The molecule has 4 nitrogen and oxygen atoms in total. The minimum absolute atomic E-state index is 0.133. The predicted molar refractivity (Wildman–Crippen MR) is 80.3 cm³/mol. The van der Waals surface area contributed by atoms with Crippen LogP contribution in [-0.4, -0.2) is 18.0 Å². The molecule has 21 heavy (non-hydrogen) atoms. The van der Waals surface area contributed by atoms with Crippen molar-refractivity contribution in [3.05, 3.63) is 39.6 Å². The maximum absolute atomic E-state index is 12.1. The van der Waals surface area contributed by atoms with E-state index in [9.17, 15) is 9.59 Å². The van der Waals surface area contributed by atoms with Gasteiger partial charge in [0, 0.05) is 28.5 Å². The number of benzene rings is 1. The molecule has 0 atom stereocenters. The molecule has 2 rings (SSSR count). The van der Waals surface area contributed by atoms with Crippen molar-refractivity contribution in [1.29, 1.82) is 0 Å². The second kappa shape index (κ2) is 6.50. The molecular formula is C15H14Cl2O4. The first-order valence-electron chi connectivity index (χ1n) is 6.48. The van der Waals surface area contributed by atoms with Gasteiger partial charge in [-0.1, -0.05) is 23.2 Å². The lowest BCUT2D eigenvalue weighted by molar-refractivity contribution is -0.113. The zero-order chi connectivity index (χ0) is 15.6. The molecule has 0 spiro atoms. The zero-order valence-electron chi connectivity index (χ0n) is 11.6. The molecule has 6 heteroatoms. The fraction of sp³-hybridized carbons (Fsp3) is 0.333. The number of allylic oxidation sites excluding steroid dienone is 2. The molecule has 0 amide bonds. The third kappa shape index (κ3) is 3.77. The highest BCUT2D eigenvalue weighted by Crippen LogP contribution is 2.36. The molecule has 0 aliphatic heterocycles. The molecule has 0 saturated heterocycles. The smallest absolute Gasteiger partial charge is 0.431 e. The summed E-state index contributed by atoms with van der Waals surface area (Å²) < 4.78 is 10.1. The fourth-order valence-corrected chi connectivity index (χ4v) is 2.43. The maximum Gasteiger partial charge on any atom is 0.513 e. The summed E-state index contributed by atoms with van der Waals surface area (Å²) in [5.74, 6) is 0.140. The topological polar surface area (TPSA) is 52.6 Å². The summed E-state index contributed by atoms with van der Waals surface area (Å²) in [5, 5.41) is 0.827. The van der Waals surface area contributed by atoms with E-state index in [0.29, 0.717) is 27.6 Å². The van der Waals surface area contributed by atoms with Crippen LogP contribution < -0.4 is 0 Å². The fourth-order valence-electron chi connectivity index (χ4n) is 2.04. The number of ether oxygens (including phenoxy) is 2. The SMILES string of the molecule is CC(C)OC(=O)OC1=C(c2cc(Cl)ccc2Cl)C(=O)CC1. The Labute approximate surface area is 132 Å². The van der Waals surface area contributed by atoms with Crippen molar-refractivity contribution in [3.63, 3.8) is 0 Å². The summed E-state index contributed by atoms with van der Waals surface area (Å²) in [6.45, 7) is 3.42. The van der Waals surface area contributed by atoms with E-state index >= 15 is 0 Å². The van der Waals surface area contributed by atoms with Crippen LogP contribution >= 0.6 is 23.2 Å². The lowest BCUT2D eigenvalue weighted by Crippen LogP contribution is -2.13. The van der Waals surface area contributed by atoms with Gasteiger partial charge in [-0.3, -0.25) is 4.79 Å². The van der Waals surface area contributed by atoms with Crippen LogP contribution in [0.5, 0.6) is 0 Å². The number of hydrogen-bond donors (Lipinski definition) is 0. The molecule has 1 aliphatic carbocycles. The van der Waals surface area contributed by atoms with Gasteiger partial charge in [0.25, 0.3) is 0 Å². The van der Waals surface area contributed by atoms with Gasteiger partial charge in [-0.2, -0.15) is 0 Å². The first-order chi connectivity index (χ1) is 9.88. The molecule has 0 fully saturated rings. The van der Waals surface area contributed by atoms with Gasteiger partial charge in [0.05, 0.1) is 11.7 Å². The van der Waals surface area contributed by atoms with Gasteiger partial charge < -0.3 is 9.47 Å². The third-order valence-corrected chi connectivity index (χ3v) is 3.44. The van der Waals surface area contributed by atoms with Crippen LogP contribution in [0, 0.1) is 0 Å². The van der Waals surface area contributed by atoms with E-state index in [2.05, 4.69) is 0 Å². The number of ketones is 1. The minimum atomic E-state index is -0.828. The summed E-state index contributed by atoms with van der Waals surface area (Å²) in [4.78, 5) is 23.7. The van der Waals surface area contributed by atoms with Gasteiger partial charge in [-0.05, 0) is 32.0 Å². The summed E-state index contributed by atoms with van der Waals surface area (Å²) in [6.07, 6.45) is -0.522. The summed E-state index contributed by atoms with van der Waals surface area (Å²) in [6, 6.07) is 4.81. The van der Waals surface area contributed by atoms with E-state index in [-0.39, 0.29) is 24.1 Å². The molecule has 0 heterocycles. The van der Waals surface area contributed by atoms with Gasteiger partial charge in [-0.15, -0.1) is 0 Å². The standard InChI is InChI=1S/C15H14Cl2O4/c1-8(2)20-15(19)21-13-6-5-12(18)14(13)10-7-9(16)3-4-11(10)17/h3-4,7-8H,5-6H2,1-2H3. The second-order valence-electron chi connectivity index (χ2n) is 4.86. The Morgan fingerprint density at radius 2 is 1.95 bits per heavy atom. The molecule has 1 aromatic rings. The molecule has 0 unspecified atom stereocenters. The first-order valence-corrected chi connectivity index (χ1v) is 7.24. The van der Waals surface area contributed by atoms with Crippen LogP contribution in [0.4, 0.5) is 4.79 Å². The second-order valence-corrected chi connectivity index (χ2v) is 5.71. The number of carbonyl (C=O) groups excluding carboxylic acids is 2. The van der Waals surface area contributed by atoms with Crippen LogP contribution in [0.15, 0.2) is 24.0 Å². The Hall–Kier alpha value is -1.52. The van der Waals surface area contributed by atoms with Crippen molar-refractivity contribution in [3.8, 4) is 0 Å². The highest BCUT2D eigenvalue weighted by molar-refractivity contribution is 6.37. The Bertz CT molecular complexity index is 620. The molecule has 0 saturated carbocycles. The molecule has 0 bridgehead atoms. The highest BCUT2D eigenvalue weighted by Gasteiger charge is 2.29. The number of halogens is 2. The summed E-state index contributed by atoms with van der Waals surface area (Å²) in [7, 11) is 0. The van der Waals surface area contributed by atoms with Gasteiger partial charge >= 0.3 is 6.16 Å². The van der Waals surface area contributed by atoms with E-state index in [1.807, 2.05) is 0 Å². The largest absolute Gasteiger partial charge is 0.513 e. The lowest BCUT2D eigenvalue weighted by atomic mass is 10.0. The van der Waals surface area contributed by atoms with Gasteiger partial charge in [0.15, 0.2) is 5.78 Å². The van der Waals surface area contributed by atoms with Gasteiger partial charge in [-0.25, -0.2) is 4.79 Å². The Morgan fingerprint density at radius 3 is 2.62 bits per heavy atom. The van der Waals surface area contributed by atoms with Gasteiger partial charge in [0.2, 0.25) is 0 Å². The lowest BCUT2D eigenvalue weighted by Gasteiger charge is -2.11. The molecule has 0 aromatic heterocycles. The Balaban J connectivity index is 2.36. The zero-order valence-corrected chi connectivity index (χ0v) is 13.1. The quantitative estimate of drug-likeness (QED) is 0.759. The third-order valence-electron chi connectivity index (χ3n) is 2.87. The number of carbonyl (C=O) groups is 2. The Kier molecular flexibility index (Phi) is 4.91. The number of rotatable bonds is 3. The highest BCUT2D eigenvalue weighted by atomic mass is 35.5. The normalized spacial score (nSPS) is 14.8. The predicted octanol–water partition coefficient (Wildman–Crippen LogP) is 4.63. The average molecular weight is 329 g/mol. The maximum atomic E-state index is 12.1. The molecule has 112 valence electrons. The van der Waals surface area contributed by atoms with Crippen molar-refractivity contribution >= 4 is 40.7 Å². The van der Waals surface area contributed by atoms with Crippen molar-refractivity contribution in [2.45, 2.75) is 32.8 Å². The minimum Gasteiger partial charge on any atom is -0.431 e. The van der Waals surface area contributed by atoms with Crippen LogP contribution in [0.2, 0.25) is 10.0 Å². The summed E-state index contributed by atoms with van der Waals surface area (Å²) >= 11 is 12.1. The molecule has 1 aliphatic rings. The van der Waals surface area contributed by atoms with E-state index in [0.717, 1.165) is 0 Å². The van der Waals surface area contributed by atoms with Crippen LogP contribution in [0.25, 0.3) is 5.57 Å². The number of hydrogen-bond acceptors (Lipinski definition) is 4. The van der Waals surface area contributed by atoms with Crippen molar-refractivity contribution in [2.75, 3.05) is 0 Å². The van der Waals surface area contributed by atoms with Crippen molar-refractivity contribution < 1.29 is 19.1 Å². The van der Waals surface area contributed by atoms with Crippen molar-refractivity contribution in [2.24, 2.45) is 0 Å². The van der Waals surface area contributed by atoms with Gasteiger partial charge in [0.1, 0.15) is 5.76 Å². The number of Topliss-reactive ketones (excluding diaryl/α,β-unsaturated/α-hetero) is 1. The van der Waals surface area contributed by atoms with E-state index in [1.165, 1.54) is 0 Å². The van der Waals surface area contributed by atoms with E-state index in [1.54, 1.807) is 32.0 Å². The Morgan fingerprint density at radius 1 is 1.24 bits per heavy atom. The van der Waals surface area contributed by atoms with Crippen molar-refractivity contribution in [1.82, 2.24) is 0 Å². The average Bonchev–Trinajstić information content (AvgIpc) is 2.72. The van der Waals surface area contributed by atoms with Crippen LogP contribution in [0.1, 0.15) is 32.3 Å². The molecular weight excluding hydrogens is 315 g/mol. The molecule has 1 aromatic carbocycles. The van der Waals surface area contributed by atoms with Crippen LogP contribution in [0.3, 0.4) is 0 Å². The summed E-state index contributed by atoms with van der Waals surface area (Å²) in [5.41, 5.74) is 0.766. The van der Waals surface area contributed by atoms with E-state index < -0.39 is 6.16 Å². The van der Waals surface area contributed by atoms with Crippen LogP contribution in [-0.2, 0) is 14.3 Å². The van der Waals surface area contributed by atoms with E-state index in [4.69, 9.17) is 32.7 Å².